The summed E-state index contributed by atoms with van der Waals surface area (Å²) in [6.45, 7) is 0. The Morgan fingerprint density at radius 3 is 2.93 bits per heavy atom. The molecule has 1 rings (SSSR count). The lowest BCUT2D eigenvalue weighted by Gasteiger charge is -1.97. The predicted octanol–water partition coefficient (Wildman–Crippen LogP) is -0.302. The molecule has 0 amide bonds. The summed E-state index contributed by atoms with van der Waals surface area (Å²) in [5.74, 6) is 0.419. The number of hydrogen-bond acceptors (Lipinski definition) is 4. The molecule has 0 aliphatic rings. The van der Waals surface area contributed by atoms with E-state index in [0.29, 0.717) is 11.6 Å². The Bertz CT molecular complexity index is 357. The van der Waals surface area contributed by atoms with Crippen molar-refractivity contribution in [1.29, 1.82) is 0 Å². The maximum atomic E-state index is 5.08. The average Bonchev–Trinajstić information content (AvgIpc) is 2.18. The molecule has 6 heteroatoms. The first-order valence-electron chi connectivity index (χ1n) is 3.85. The van der Waals surface area contributed by atoms with Gasteiger partial charge < -0.3 is 16.2 Å². The number of pyridine rings is 1. The monoisotopic (exact) mass is 193 g/mol. The Morgan fingerprint density at radius 2 is 2.29 bits per heavy atom. The smallest absolute Gasteiger partial charge is 0.213 e. The minimum atomic E-state index is -0.0934. The van der Waals surface area contributed by atoms with Gasteiger partial charge in [-0.25, -0.2) is 4.98 Å². The zero-order valence-corrected chi connectivity index (χ0v) is 7.71. The van der Waals surface area contributed by atoms with Crippen LogP contribution in [0.15, 0.2) is 28.4 Å². The van der Waals surface area contributed by atoms with E-state index >= 15 is 0 Å². The van der Waals surface area contributed by atoms with Crippen molar-refractivity contribution in [2.75, 3.05) is 7.11 Å². The summed E-state index contributed by atoms with van der Waals surface area (Å²) in [6.07, 6.45) is 1.43. The topological polar surface area (TPSA) is 98.9 Å². The van der Waals surface area contributed by atoms with Crippen molar-refractivity contribution >= 4 is 12.2 Å². The molecule has 0 radical (unpaired) electrons. The van der Waals surface area contributed by atoms with E-state index in [2.05, 4.69) is 15.2 Å². The summed E-state index contributed by atoms with van der Waals surface area (Å²) < 4.78 is 4.92. The highest BCUT2D eigenvalue weighted by Gasteiger charge is 1.92. The molecule has 14 heavy (non-hydrogen) atoms. The summed E-state index contributed by atoms with van der Waals surface area (Å²) in [6, 6.07) is 5.29. The van der Waals surface area contributed by atoms with Gasteiger partial charge in [0.15, 0.2) is 0 Å². The first-order chi connectivity index (χ1) is 6.72. The summed E-state index contributed by atoms with van der Waals surface area (Å²) in [7, 11) is 1.54. The molecule has 1 heterocycles. The molecule has 1 aromatic rings. The van der Waals surface area contributed by atoms with Crippen LogP contribution >= 0.6 is 0 Å². The van der Waals surface area contributed by atoms with Crippen LogP contribution in [0.4, 0.5) is 0 Å². The van der Waals surface area contributed by atoms with E-state index in [0.717, 1.165) is 0 Å². The first-order valence-corrected chi connectivity index (χ1v) is 3.85. The molecule has 0 bridgehead atoms. The zero-order chi connectivity index (χ0) is 10.4. The van der Waals surface area contributed by atoms with Crippen molar-refractivity contribution < 1.29 is 4.74 Å². The number of ether oxygens (including phenoxy) is 1. The van der Waals surface area contributed by atoms with Gasteiger partial charge in [0.05, 0.1) is 19.0 Å². The van der Waals surface area contributed by atoms with Gasteiger partial charge in [0.25, 0.3) is 0 Å². The largest absolute Gasteiger partial charge is 0.481 e. The molecule has 0 unspecified atom stereocenters. The Morgan fingerprint density at radius 1 is 1.50 bits per heavy atom. The third kappa shape index (κ3) is 3.10. The van der Waals surface area contributed by atoms with Gasteiger partial charge in [0, 0.05) is 6.07 Å². The van der Waals surface area contributed by atoms with Crippen LogP contribution in [0.2, 0.25) is 0 Å². The van der Waals surface area contributed by atoms with Crippen molar-refractivity contribution in [2.24, 2.45) is 21.7 Å². The van der Waals surface area contributed by atoms with E-state index in [1.165, 1.54) is 6.21 Å². The van der Waals surface area contributed by atoms with Crippen LogP contribution in [-0.2, 0) is 0 Å². The molecule has 0 aromatic carbocycles. The number of guanidine groups is 1. The molecule has 74 valence electrons. The minimum absolute atomic E-state index is 0.0934. The molecular weight excluding hydrogens is 182 g/mol. The van der Waals surface area contributed by atoms with Crippen LogP contribution < -0.4 is 16.2 Å². The van der Waals surface area contributed by atoms with Crippen LogP contribution in [0.3, 0.4) is 0 Å². The Kier molecular flexibility index (Phi) is 3.42. The quantitative estimate of drug-likeness (QED) is 0.391. The van der Waals surface area contributed by atoms with Crippen molar-refractivity contribution in [3.8, 4) is 5.88 Å². The van der Waals surface area contributed by atoms with Crippen molar-refractivity contribution in [3.63, 3.8) is 0 Å². The number of aromatic nitrogens is 1. The number of hydrogen-bond donors (Lipinski definition) is 2. The van der Waals surface area contributed by atoms with E-state index in [9.17, 15) is 0 Å². The predicted molar refractivity (Wildman–Crippen MR) is 54.2 cm³/mol. The van der Waals surface area contributed by atoms with E-state index in [1.807, 2.05) is 0 Å². The van der Waals surface area contributed by atoms with E-state index < -0.39 is 0 Å². The Balaban J connectivity index is 2.76. The SMILES string of the molecule is COc1cccc(/C=N/N=C(N)N)n1. The molecule has 0 atom stereocenters. The van der Waals surface area contributed by atoms with Gasteiger partial charge >= 0.3 is 0 Å². The Hall–Kier alpha value is -2.11. The molecular formula is C8H11N5O. The lowest BCUT2D eigenvalue weighted by Crippen LogP contribution is -2.21. The summed E-state index contributed by atoms with van der Waals surface area (Å²) in [5.41, 5.74) is 10.8. The molecule has 4 N–H and O–H groups in total. The molecule has 0 saturated heterocycles. The van der Waals surface area contributed by atoms with E-state index in [1.54, 1.807) is 25.3 Å². The molecule has 6 nitrogen and oxygen atoms in total. The summed E-state index contributed by atoms with van der Waals surface area (Å²) in [5, 5.41) is 7.05. The van der Waals surface area contributed by atoms with Crippen LogP contribution in [0.1, 0.15) is 5.69 Å². The fourth-order valence-corrected chi connectivity index (χ4v) is 0.771. The van der Waals surface area contributed by atoms with Gasteiger partial charge in [-0.1, -0.05) is 6.07 Å². The number of nitrogens with two attached hydrogens (primary N) is 2. The lowest BCUT2D eigenvalue weighted by atomic mass is 10.4. The maximum absolute atomic E-state index is 5.08. The fourth-order valence-electron chi connectivity index (χ4n) is 0.771. The molecule has 1 aromatic heterocycles. The third-order valence-electron chi connectivity index (χ3n) is 1.32. The summed E-state index contributed by atoms with van der Waals surface area (Å²) in [4.78, 5) is 4.07. The van der Waals surface area contributed by atoms with Gasteiger partial charge in [0.1, 0.15) is 0 Å². The zero-order valence-electron chi connectivity index (χ0n) is 7.71. The van der Waals surface area contributed by atoms with Crippen LogP contribution in [0.25, 0.3) is 0 Å². The lowest BCUT2D eigenvalue weighted by molar-refractivity contribution is 0.397. The molecule has 0 aliphatic carbocycles. The second kappa shape index (κ2) is 4.80. The van der Waals surface area contributed by atoms with Gasteiger partial charge in [0.2, 0.25) is 11.8 Å². The maximum Gasteiger partial charge on any atom is 0.213 e. The second-order valence-electron chi connectivity index (χ2n) is 2.37. The van der Waals surface area contributed by atoms with Gasteiger partial charge in [-0.2, -0.15) is 5.10 Å². The number of rotatable bonds is 3. The fraction of sp³-hybridized carbons (Fsp3) is 0.125. The molecule has 0 saturated carbocycles. The van der Waals surface area contributed by atoms with Crippen LogP contribution in [0, 0.1) is 0 Å². The molecule has 0 spiro atoms. The van der Waals surface area contributed by atoms with Crippen LogP contribution in [-0.4, -0.2) is 24.3 Å². The highest BCUT2D eigenvalue weighted by Crippen LogP contribution is 2.04. The van der Waals surface area contributed by atoms with Crippen molar-refractivity contribution in [2.45, 2.75) is 0 Å². The standard InChI is InChI=1S/C8H11N5O/c1-14-7-4-2-3-6(12-7)5-11-13-8(9)10/h2-5H,1H3,(H4,9,10,13)/b11-5+. The minimum Gasteiger partial charge on any atom is -0.481 e. The molecule has 0 fully saturated rings. The van der Waals surface area contributed by atoms with Gasteiger partial charge in [-0.05, 0) is 6.07 Å². The Labute approximate surface area is 81.3 Å². The third-order valence-corrected chi connectivity index (χ3v) is 1.32. The average molecular weight is 193 g/mol. The van der Waals surface area contributed by atoms with Gasteiger partial charge in [-0.15, -0.1) is 5.10 Å². The molecule has 0 aliphatic heterocycles. The van der Waals surface area contributed by atoms with Crippen molar-refractivity contribution in [3.05, 3.63) is 23.9 Å². The second-order valence-corrected chi connectivity index (χ2v) is 2.37. The number of nitrogens with zero attached hydrogens (tertiary/aromatic N) is 3. The summed E-state index contributed by atoms with van der Waals surface area (Å²) >= 11 is 0. The first kappa shape index (κ1) is 9.97. The highest BCUT2D eigenvalue weighted by molar-refractivity contribution is 5.79. The van der Waals surface area contributed by atoms with Crippen LogP contribution in [0.5, 0.6) is 5.88 Å². The number of methoxy groups -OCH3 is 1. The normalized spacial score (nSPS) is 10.1. The highest BCUT2D eigenvalue weighted by atomic mass is 16.5. The van der Waals surface area contributed by atoms with Crippen molar-refractivity contribution in [1.82, 2.24) is 4.98 Å². The van der Waals surface area contributed by atoms with Gasteiger partial charge in [-0.3, -0.25) is 0 Å². The van der Waals surface area contributed by atoms with E-state index in [-0.39, 0.29) is 5.96 Å². The van der Waals surface area contributed by atoms with E-state index in [4.69, 9.17) is 16.2 Å².